The molecule has 1 N–H and O–H groups in total. The molecule has 0 atom stereocenters. The van der Waals surface area contributed by atoms with Crippen molar-refractivity contribution >= 4 is 17.2 Å². The van der Waals surface area contributed by atoms with Crippen LogP contribution in [0.25, 0.3) is 21.6 Å². The maximum absolute atomic E-state index is 13.2. The number of carbonyl (C=O) groups is 1. The zero-order valence-corrected chi connectivity index (χ0v) is 13.2. The van der Waals surface area contributed by atoms with Gasteiger partial charge in [-0.05, 0) is 47.9 Å². The number of halogens is 1. The van der Waals surface area contributed by atoms with Crippen LogP contribution in [0, 0.1) is 12.7 Å². The lowest BCUT2D eigenvalue weighted by Gasteiger charge is -2.11. The zero-order chi connectivity index (χ0) is 16.0. The number of nitrogens with one attached hydrogen (secondary N) is 1. The molecule has 114 valence electrons. The van der Waals surface area contributed by atoms with Crippen LogP contribution in [0.15, 0.2) is 42.6 Å². The van der Waals surface area contributed by atoms with Crippen LogP contribution in [0.3, 0.4) is 0 Å². The van der Waals surface area contributed by atoms with Gasteiger partial charge in [-0.1, -0.05) is 12.1 Å². The standard InChI is InChI=1S/C18H13FN2OS/c1-10-20-9-17(23-10)16-6-12-8-21-18(22)15(12)7-14(16)11-2-4-13(19)5-3-11/h2-7,9H,8H2,1H3,(H,21,22). The highest BCUT2D eigenvalue weighted by Crippen LogP contribution is 2.38. The Morgan fingerprint density at radius 2 is 1.91 bits per heavy atom. The fraction of sp³-hybridized carbons (Fsp3) is 0.111. The van der Waals surface area contributed by atoms with Crippen molar-refractivity contribution in [3.8, 4) is 21.6 Å². The first-order chi connectivity index (χ1) is 11.1. The van der Waals surface area contributed by atoms with Crippen LogP contribution in [0.4, 0.5) is 4.39 Å². The molecule has 0 unspecified atom stereocenters. The van der Waals surface area contributed by atoms with Crippen LogP contribution in [-0.2, 0) is 6.54 Å². The van der Waals surface area contributed by atoms with Crippen LogP contribution >= 0.6 is 11.3 Å². The van der Waals surface area contributed by atoms with Crippen LogP contribution in [0.2, 0.25) is 0 Å². The van der Waals surface area contributed by atoms with Crippen molar-refractivity contribution in [1.82, 2.24) is 10.3 Å². The van der Waals surface area contributed by atoms with Gasteiger partial charge < -0.3 is 5.32 Å². The van der Waals surface area contributed by atoms with E-state index in [1.807, 2.05) is 25.3 Å². The van der Waals surface area contributed by atoms with E-state index in [1.165, 1.54) is 12.1 Å². The van der Waals surface area contributed by atoms with E-state index in [1.54, 1.807) is 23.5 Å². The molecule has 0 bridgehead atoms. The second-order valence-electron chi connectivity index (χ2n) is 5.49. The lowest BCUT2D eigenvalue weighted by atomic mass is 9.94. The van der Waals surface area contributed by atoms with Gasteiger partial charge in [-0.3, -0.25) is 4.79 Å². The quantitative estimate of drug-likeness (QED) is 0.769. The van der Waals surface area contributed by atoms with Crippen molar-refractivity contribution in [3.05, 3.63) is 64.5 Å². The van der Waals surface area contributed by atoms with Gasteiger partial charge in [-0.2, -0.15) is 0 Å². The summed E-state index contributed by atoms with van der Waals surface area (Å²) in [6, 6.07) is 10.3. The number of benzene rings is 2. The minimum atomic E-state index is -0.275. The molecule has 4 rings (SSSR count). The highest BCUT2D eigenvalue weighted by atomic mass is 32.1. The lowest BCUT2D eigenvalue weighted by molar-refractivity contribution is 0.0966. The van der Waals surface area contributed by atoms with E-state index in [9.17, 15) is 9.18 Å². The third kappa shape index (κ3) is 2.43. The second-order valence-corrected chi connectivity index (χ2v) is 6.72. The highest BCUT2D eigenvalue weighted by molar-refractivity contribution is 7.15. The molecule has 0 saturated carbocycles. The molecule has 3 aromatic rings. The zero-order valence-electron chi connectivity index (χ0n) is 12.4. The number of hydrogen-bond acceptors (Lipinski definition) is 3. The first kappa shape index (κ1) is 14.1. The van der Waals surface area contributed by atoms with Gasteiger partial charge >= 0.3 is 0 Å². The maximum Gasteiger partial charge on any atom is 0.251 e. The molecule has 0 radical (unpaired) electrons. The molecule has 5 heteroatoms. The SMILES string of the molecule is Cc1ncc(-c2cc3c(cc2-c2ccc(F)cc2)C(=O)NC3)s1. The Bertz CT molecular complexity index is 915. The molecular weight excluding hydrogens is 311 g/mol. The Morgan fingerprint density at radius 3 is 2.61 bits per heavy atom. The van der Waals surface area contributed by atoms with Gasteiger partial charge in [0.25, 0.3) is 5.91 Å². The van der Waals surface area contributed by atoms with Crippen LogP contribution in [0.5, 0.6) is 0 Å². The van der Waals surface area contributed by atoms with Crippen molar-refractivity contribution < 1.29 is 9.18 Å². The van der Waals surface area contributed by atoms with Crippen molar-refractivity contribution in [2.75, 3.05) is 0 Å². The van der Waals surface area contributed by atoms with Gasteiger partial charge in [0, 0.05) is 23.9 Å². The fourth-order valence-electron chi connectivity index (χ4n) is 2.83. The fourth-order valence-corrected chi connectivity index (χ4v) is 3.64. The molecule has 1 aromatic heterocycles. The van der Waals surface area contributed by atoms with Crippen molar-refractivity contribution in [3.63, 3.8) is 0 Å². The molecular formula is C18H13FN2OS. The molecule has 0 spiro atoms. The Morgan fingerprint density at radius 1 is 1.13 bits per heavy atom. The first-order valence-electron chi connectivity index (χ1n) is 7.26. The molecule has 3 nitrogen and oxygen atoms in total. The maximum atomic E-state index is 13.2. The molecule has 0 saturated heterocycles. The first-order valence-corrected chi connectivity index (χ1v) is 8.07. The predicted molar refractivity (Wildman–Crippen MR) is 88.9 cm³/mol. The predicted octanol–water partition coefficient (Wildman–Crippen LogP) is 4.17. The van der Waals surface area contributed by atoms with Gasteiger partial charge in [0.15, 0.2) is 0 Å². The van der Waals surface area contributed by atoms with E-state index in [0.29, 0.717) is 12.1 Å². The number of nitrogens with zero attached hydrogens (tertiary/aromatic N) is 1. The van der Waals surface area contributed by atoms with Gasteiger partial charge in [0.1, 0.15) is 5.82 Å². The largest absolute Gasteiger partial charge is 0.348 e. The van der Waals surface area contributed by atoms with Gasteiger partial charge in [-0.25, -0.2) is 9.37 Å². The summed E-state index contributed by atoms with van der Waals surface area (Å²) in [6.45, 7) is 2.51. The number of hydrogen-bond donors (Lipinski definition) is 1. The van der Waals surface area contributed by atoms with Crippen LogP contribution in [0.1, 0.15) is 20.9 Å². The number of rotatable bonds is 2. The number of thiazole rings is 1. The van der Waals surface area contributed by atoms with Crippen LogP contribution in [-0.4, -0.2) is 10.9 Å². The molecule has 2 heterocycles. The minimum Gasteiger partial charge on any atom is -0.348 e. The Kier molecular flexibility index (Phi) is 3.23. The summed E-state index contributed by atoms with van der Waals surface area (Å²) in [5.74, 6) is -0.335. The Balaban J connectivity index is 1.96. The summed E-state index contributed by atoms with van der Waals surface area (Å²) >= 11 is 1.61. The lowest BCUT2D eigenvalue weighted by Crippen LogP contribution is -2.12. The van der Waals surface area contributed by atoms with Gasteiger partial charge in [0.2, 0.25) is 0 Å². The summed E-state index contributed by atoms with van der Waals surface area (Å²) < 4.78 is 13.2. The normalized spacial score (nSPS) is 13.0. The summed E-state index contributed by atoms with van der Waals surface area (Å²) in [5, 5.41) is 3.83. The highest BCUT2D eigenvalue weighted by Gasteiger charge is 2.22. The van der Waals surface area contributed by atoms with Gasteiger partial charge in [-0.15, -0.1) is 11.3 Å². The second kappa shape index (κ2) is 5.28. The number of aromatic nitrogens is 1. The smallest absolute Gasteiger partial charge is 0.251 e. The molecule has 1 aliphatic rings. The molecule has 1 aliphatic heterocycles. The molecule has 0 fully saturated rings. The van der Waals surface area contributed by atoms with Crippen molar-refractivity contribution in [1.29, 1.82) is 0 Å². The van der Waals surface area contributed by atoms with E-state index in [2.05, 4.69) is 10.3 Å². The third-order valence-corrected chi connectivity index (χ3v) is 4.92. The monoisotopic (exact) mass is 324 g/mol. The molecule has 1 amide bonds. The summed E-state index contributed by atoms with van der Waals surface area (Å²) in [6.07, 6.45) is 1.85. The summed E-state index contributed by atoms with van der Waals surface area (Å²) in [7, 11) is 0. The van der Waals surface area contributed by atoms with Crippen molar-refractivity contribution in [2.45, 2.75) is 13.5 Å². The number of carbonyl (C=O) groups excluding carboxylic acids is 1. The summed E-state index contributed by atoms with van der Waals surface area (Å²) in [4.78, 5) is 17.3. The molecule has 0 aliphatic carbocycles. The Hall–Kier alpha value is -2.53. The summed E-state index contributed by atoms with van der Waals surface area (Å²) in [5.41, 5.74) is 4.51. The molecule has 2 aromatic carbocycles. The average Bonchev–Trinajstić information content (AvgIpc) is 3.13. The van der Waals surface area contributed by atoms with E-state index in [-0.39, 0.29) is 11.7 Å². The van der Waals surface area contributed by atoms with Gasteiger partial charge in [0.05, 0.1) is 9.88 Å². The minimum absolute atomic E-state index is 0.0598. The average molecular weight is 324 g/mol. The number of fused-ring (bicyclic) bond motifs is 1. The van der Waals surface area contributed by atoms with E-state index in [0.717, 1.165) is 32.1 Å². The van der Waals surface area contributed by atoms with Crippen molar-refractivity contribution in [2.24, 2.45) is 0 Å². The van der Waals surface area contributed by atoms with E-state index in [4.69, 9.17) is 0 Å². The number of amides is 1. The van der Waals surface area contributed by atoms with E-state index < -0.39 is 0 Å². The van der Waals surface area contributed by atoms with E-state index >= 15 is 0 Å². The Labute approximate surface area is 136 Å². The molecule has 23 heavy (non-hydrogen) atoms. The van der Waals surface area contributed by atoms with Crippen LogP contribution < -0.4 is 5.32 Å². The third-order valence-electron chi connectivity index (χ3n) is 3.97. The number of aryl methyl sites for hydroxylation is 1. The topological polar surface area (TPSA) is 42.0 Å².